The fraction of sp³-hybridized carbons (Fsp3) is 0.857. The van der Waals surface area contributed by atoms with Gasteiger partial charge in [-0.05, 0) is 20.1 Å². The van der Waals surface area contributed by atoms with Crippen molar-refractivity contribution < 1.29 is 4.79 Å². The molecule has 2 nitrogen and oxygen atoms in total. The van der Waals surface area contributed by atoms with Crippen molar-refractivity contribution >= 4 is 27.5 Å². The van der Waals surface area contributed by atoms with Crippen LogP contribution in [0.5, 0.6) is 0 Å². The van der Waals surface area contributed by atoms with Crippen LogP contribution >= 0.6 is 21.6 Å². The molecule has 66 valence electrons. The Labute approximate surface area is 76.3 Å². The summed E-state index contributed by atoms with van der Waals surface area (Å²) in [4.78, 5) is 11.0. The molecule has 0 aromatic carbocycles. The summed E-state index contributed by atoms with van der Waals surface area (Å²) in [6.07, 6.45) is 2.60. The Kier molecular flexibility index (Phi) is 5.01. The van der Waals surface area contributed by atoms with E-state index in [1.807, 2.05) is 6.26 Å². The van der Waals surface area contributed by atoms with Crippen LogP contribution in [-0.4, -0.2) is 24.0 Å². The van der Waals surface area contributed by atoms with Gasteiger partial charge >= 0.3 is 0 Å². The van der Waals surface area contributed by atoms with E-state index in [1.165, 1.54) is 0 Å². The molecule has 0 radical (unpaired) electrons. The minimum Gasteiger partial charge on any atom is -0.359 e. The molecule has 0 aliphatic rings. The molecule has 11 heavy (non-hydrogen) atoms. The first-order valence-electron chi connectivity index (χ1n) is 3.44. The second-order valence-corrected chi connectivity index (χ2v) is 5.96. The van der Waals surface area contributed by atoms with Crippen LogP contribution in [0.25, 0.3) is 0 Å². The Morgan fingerprint density at radius 3 is 2.45 bits per heavy atom. The van der Waals surface area contributed by atoms with Crippen molar-refractivity contribution in [3.8, 4) is 0 Å². The minimum atomic E-state index is 0.0412. The molecule has 0 heterocycles. The molecule has 0 unspecified atom stereocenters. The Morgan fingerprint density at radius 1 is 1.55 bits per heavy atom. The number of nitrogens with one attached hydrogen (secondary N) is 1. The summed E-state index contributed by atoms with van der Waals surface area (Å²) in [5.41, 5.74) is 0. The molecule has 0 aliphatic heterocycles. The van der Waals surface area contributed by atoms with Gasteiger partial charge in [-0.3, -0.25) is 4.79 Å². The van der Waals surface area contributed by atoms with E-state index in [1.54, 1.807) is 28.6 Å². The molecular weight excluding hydrogens is 178 g/mol. The van der Waals surface area contributed by atoms with Gasteiger partial charge in [0.15, 0.2) is 0 Å². The van der Waals surface area contributed by atoms with E-state index in [0.717, 1.165) is 0 Å². The topological polar surface area (TPSA) is 29.1 Å². The van der Waals surface area contributed by atoms with Gasteiger partial charge in [0.1, 0.15) is 0 Å². The van der Waals surface area contributed by atoms with Crippen molar-refractivity contribution in [2.24, 2.45) is 0 Å². The first kappa shape index (κ1) is 11.2. The van der Waals surface area contributed by atoms with Gasteiger partial charge in [-0.1, -0.05) is 21.6 Å². The Bertz CT molecular complexity index is 136. The molecule has 0 saturated heterocycles. The summed E-state index contributed by atoms with van der Waals surface area (Å²) in [6, 6.07) is 0. The van der Waals surface area contributed by atoms with Crippen LogP contribution in [0.15, 0.2) is 0 Å². The summed E-state index contributed by atoms with van der Waals surface area (Å²) < 4.78 is 0.0412. The fourth-order valence-corrected chi connectivity index (χ4v) is 2.90. The van der Waals surface area contributed by atoms with Gasteiger partial charge in [0.2, 0.25) is 5.91 Å². The van der Waals surface area contributed by atoms with Gasteiger partial charge in [0.25, 0.3) is 0 Å². The van der Waals surface area contributed by atoms with Gasteiger partial charge in [0.05, 0.1) is 0 Å². The lowest BCUT2D eigenvalue weighted by atomic mass is 10.1. The van der Waals surface area contributed by atoms with Crippen molar-refractivity contribution in [3.05, 3.63) is 0 Å². The average Bonchev–Trinajstić information content (AvgIpc) is 1.86. The van der Waals surface area contributed by atoms with Gasteiger partial charge in [-0.2, -0.15) is 0 Å². The third-order valence-electron chi connectivity index (χ3n) is 1.17. The Balaban J connectivity index is 3.80. The number of carbonyl (C=O) groups excluding carboxylic acids is 1. The maximum absolute atomic E-state index is 11.0. The third kappa shape index (κ3) is 5.44. The number of amides is 1. The lowest BCUT2D eigenvalue weighted by Crippen LogP contribution is -2.27. The smallest absolute Gasteiger partial charge is 0.221 e. The minimum absolute atomic E-state index is 0.0412. The van der Waals surface area contributed by atoms with E-state index in [-0.39, 0.29) is 10.7 Å². The summed E-state index contributed by atoms with van der Waals surface area (Å²) >= 11 is 0. The molecule has 0 saturated carbocycles. The van der Waals surface area contributed by atoms with Crippen LogP contribution in [0.4, 0.5) is 0 Å². The van der Waals surface area contributed by atoms with Gasteiger partial charge in [-0.15, -0.1) is 0 Å². The zero-order valence-electron chi connectivity index (χ0n) is 7.43. The third-order valence-corrected chi connectivity index (χ3v) is 3.79. The summed E-state index contributed by atoms with van der Waals surface area (Å²) in [7, 11) is 5.10. The van der Waals surface area contributed by atoms with Gasteiger partial charge in [0, 0.05) is 18.2 Å². The maximum Gasteiger partial charge on any atom is 0.221 e. The van der Waals surface area contributed by atoms with E-state index in [2.05, 4.69) is 19.2 Å². The number of hydrogen-bond donors (Lipinski definition) is 1. The van der Waals surface area contributed by atoms with Crippen molar-refractivity contribution in [1.29, 1.82) is 0 Å². The molecule has 0 aromatic heterocycles. The molecule has 1 N–H and O–H groups in total. The molecule has 0 aliphatic carbocycles. The lowest BCUT2D eigenvalue weighted by Gasteiger charge is -2.20. The van der Waals surface area contributed by atoms with Crippen molar-refractivity contribution in [1.82, 2.24) is 5.32 Å². The van der Waals surface area contributed by atoms with Crippen LogP contribution < -0.4 is 5.32 Å². The molecule has 0 rings (SSSR count). The number of rotatable bonds is 4. The standard InChI is InChI=1S/C7H15NOS2/c1-7(2,11-10-4)5-6(9)8-3/h5H2,1-4H3,(H,8,9). The quantitative estimate of drug-likeness (QED) is 0.692. The maximum atomic E-state index is 11.0. The molecule has 0 aromatic rings. The lowest BCUT2D eigenvalue weighted by molar-refractivity contribution is -0.120. The highest BCUT2D eigenvalue weighted by Gasteiger charge is 2.21. The molecule has 4 heteroatoms. The fourth-order valence-electron chi connectivity index (χ4n) is 0.730. The van der Waals surface area contributed by atoms with E-state index >= 15 is 0 Å². The van der Waals surface area contributed by atoms with Gasteiger partial charge in [-0.25, -0.2) is 0 Å². The number of carbonyl (C=O) groups is 1. The van der Waals surface area contributed by atoms with Crippen molar-refractivity contribution in [3.63, 3.8) is 0 Å². The Hall–Kier alpha value is 0.170. The van der Waals surface area contributed by atoms with E-state index < -0.39 is 0 Å². The number of hydrogen-bond acceptors (Lipinski definition) is 3. The average molecular weight is 193 g/mol. The summed E-state index contributed by atoms with van der Waals surface area (Å²) in [6.45, 7) is 4.15. The highest BCUT2D eigenvalue weighted by Crippen LogP contribution is 2.35. The molecule has 0 atom stereocenters. The van der Waals surface area contributed by atoms with Crippen LogP contribution in [-0.2, 0) is 4.79 Å². The van der Waals surface area contributed by atoms with Gasteiger partial charge < -0.3 is 5.32 Å². The van der Waals surface area contributed by atoms with Crippen LogP contribution in [0.2, 0.25) is 0 Å². The van der Waals surface area contributed by atoms with Crippen LogP contribution in [0, 0.1) is 0 Å². The highest BCUT2D eigenvalue weighted by molar-refractivity contribution is 8.76. The largest absolute Gasteiger partial charge is 0.359 e. The monoisotopic (exact) mass is 193 g/mol. The second-order valence-electron chi connectivity index (χ2n) is 2.86. The van der Waals surface area contributed by atoms with Crippen LogP contribution in [0.3, 0.4) is 0 Å². The van der Waals surface area contributed by atoms with E-state index in [4.69, 9.17) is 0 Å². The summed E-state index contributed by atoms with van der Waals surface area (Å²) in [5, 5.41) is 2.62. The van der Waals surface area contributed by atoms with Crippen molar-refractivity contribution in [2.45, 2.75) is 25.0 Å². The molecular formula is C7H15NOS2. The summed E-state index contributed by atoms with van der Waals surface area (Å²) in [5.74, 6) is 0.108. The van der Waals surface area contributed by atoms with Crippen LogP contribution in [0.1, 0.15) is 20.3 Å². The van der Waals surface area contributed by atoms with E-state index in [9.17, 15) is 4.79 Å². The first-order chi connectivity index (χ1) is 5.02. The zero-order chi connectivity index (χ0) is 8.91. The Morgan fingerprint density at radius 2 is 2.09 bits per heavy atom. The predicted molar refractivity (Wildman–Crippen MR) is 53.9 cm³/mol. The zero-order valence-corrected chi connectivity index (χ0v) is 9.06. The molecule has 0 fully saturated rings. The van der Waals surface area contributed by atoms with E-state index in [0.29, 0.717) is 6.42 Å². The highest BCUT2D eigenvalue weighted by atomic mass is 33.1. The molecule has 0 bridgehead atoms. The first-order valence-corrected chi connectivity index (χ1v) is 6.00. The molecule has 1 amide bonds. The normalized spacial score (nSPS) is 11.3. The second kappa shape index (κ2) is 4.93. The molecule has 0 spiro atoms. The predicted octanol–water partition coefficient (Wildman–Crippen LogP) is 1.91. The SMILES string of the molecule is CNC(=O)CC(C)(C)SSC. The van der Waals surface area contributed by atoms with Crippen molar-refractivity contribution in [2.75, 3.05) is 13.3 Å².